The molecule has 0 bridgehead atoms. The number of fused-ring (bicyclic) bond motifs is 1. The van der Waals surface area contributed by atoms with E-state index in [1.807, 2.05) is 0 Å². The number of hydrogen-bond donors (Lipinski definition) is 2. The number of methoxy groups -OCH3 is 2. The number of halogens is 5. The predicted molar refractivity (Wildman–Crippen MR) is 109 cm³/mol. The van der Waals surface area contributed by atoms with Crippen LogP contribution in [0.2, 0.25) is 0 Å². The third kappa shape index (κ3) is 3.63. The van der Waals surface area contributed by atoms with Gasteiger partial charge in [0.25, 0.3) is 0 Å². The molecule has 0 spiro atoms. The number of aromatic nitrogens is 3. The molecule has 14 heteroatoms. The van der Waals surface area contributed by atoms with Crippen LogP contribution in [0.3, 0.4) is 0 Å². The van der Waals surface area contributed by atoms with Crippen LogP contribution in [0.1, 0.15) is 6.42 Å². The van der Waals surface area contributed by atoms with Crippen molar-refractivity contribution in [1.82, 2.24) is 14.6 Å². The predicted octanol–water partition coefficient (Wildman–Crippen LogP) is 2.47. The molecule has 0 aliphatic carbocycles. The molecule has 3 aromatic rings. The molecule has 2 atom stereocenters. The number of anilines is 2. The highest BCUT2D eigenvalue weighted by atomic mass is 19.4. The van der Waals surface area contributed by atoms with Crippen molar-refractivity contribution in [2.45, 2.75) is 24.2 Å². The molecule has 1 fully saturated rings. The van der Waals surface area contributed by atoms with Gasteiger partial charge in [-0.2, -0.15) is 27.2 Å². The fourth-order valence-electron chi connectivity index (χ4n) is 4.02. The van der Waals surface area contributed by atoms with Crippen LogP contribution in [0.4, 0.5) is 33.3 Å². The lowest BCUT2D eigenvalue weighted by Gasteiger charge is -2.31. The van der Waals surface area contributed by atoms with Crippen LogP contribution in [0, 0.1) is 11.6 Å². The maximum Gasteiger partial charge on any atom is 0.419 e. The van der Waals surface area contributed by atoms with Crippen LogP contribution >= 0.6 is 0 Å². The fourth-order valence-corrected chi connectivity index (χ4v) is 4.02. The zero-order chi connectivity index (χ0) is 24.8. The van der Waals surface area contributed by atoms with Crippen molar-refractivity contribution >= 4 is 22.8 Å². The second-order valence-electron chi connectivity index (χ2n) is 7.59. The number of H-pyrrole nitrogens is 1. The van der Waals surface area contributed by atoms with E-state index in [2.05, 4.69) is 15.4 Å². The number of aromatic amines is 1. The van der Waals surface area contributed by atoms with Gasteiger partial charge in [0.1, 0.15) is 6.04 Å². The van der Waals surface area contributed by atoms with Gasteiger partial charge >= 0.3 is 11.9 Å². The molecule has 4 rings (SSSR count). The number of carbonyl (C=O) groups excluding carboxylic acids is 1. The molecule has 182 valence electrons. The summed E-state index contributed by atoms with van der Waals surface area (Å²) in [6.07, 6.45) is -3.27. The first-order valence-electron chi connectivity index (χ1n) is 9.80. The Kier molecular flexibility index (Phi) is 5.71. The molecular formula is C20H18F5N5O4. The second-order valence-corrected chi connectivity index (χ2v) is 7.59. The monoisotopic (exact) mass is 487 g/mol. The Bertz CT molecular complexity index is 1310. The van der Waals surface area contributed by atoms with E-state index in [-0.39, 0.29) is 16.9 Å². The van der Waals surface area contributed by atoms with E-state index in [4.69, 9.17) is 9.47 Å². The van der Waals surface area contributed by atoms with Crippen LogP contribution in [0.25, 0.3) is 5.52 Å². The molecule has 1 aliphatic heterocycles. The summed E-state index contributed by atoms with van der Waals surface area (Å²) in [7, 11) is 1.88. The lowest BCUT2D eigenvalue weighted by atomic mass is 9.99. The Hall–Kier alpha value is -3.68. The van der Waals surface area contributed by atoms with Gasteiger partial charge in [-0.3, -0.25) is 4.79 Å². The van der Waals surface area contributed by atoms with Crippen LogP contribution in [0.15, 0.2) is 35.4 Å². The van der Waals surface area contributed by atoms with Crippen molar-refractivity contribution in [3.63, 3.8) is 0 Å². The van der Waals surface area contributed by atoms with E-state index >= 15 is 0 Å². The highest BCUT2D eigenvalue weighted by Gasteiger charge is 2.63. The van der Waals surface area contributed by atoms with Gasteiger partial charge in [0.15, 0.2) is 17.2 Å². The van der Waals surface area contributed by atoms with Crippen molar-refractivity contribution < 1.29 is 36.2 Å². The van der Waals surface area contributed by atoms with Gasteiger partial charge in [-0.05, 0) is 18.2 Å². The van der Waals surface area contributed by atoms with Gasteiger partial charge in [-0.25, -0.2) is 9.18 Å². The molecule has 0 unspecified atom stereocenters. The van der Waals surface area contributed by atoms with Gasteiger partial charge in [0.2, 0.25) is 11.7 Å². The molecule has 2 aromatic heterocycles. The summed E-state index contributed by atoms with van der Waals surface area (Å²) in [6, 6.07) is 1.65. The number of ether oxygens (including phenoxy) is 2. The van der Waals surface area contributed by atoms with Crippen LogP contribution in [0.5, 0.6) is 5.75 Å². The van der Waals surface area contributed by atoms with Gasteiger partial charge < -0.3 is 24.7 Å². The van der Waals surface area contributed by atoms with Crippen molar-refractivity contribution in [3.05, 3.63) is 52.7 Å². The summed E-state index contributed by atoms with van der Waals surface area (Å²) >= 11 is 0. The Balaban J connectivity index is 1.77. The SMILES string of the molecule is COc1c(N2C[C@@](OC)(C(F)(F)F)C[C@@H]2C(=O)Nc2cnn3c(=O)[nH]ccc23)ccc(F)c1F. The summed E-state index contributed by atoms with van der Waals surface area (Å²) < 4.78 is 80.8. The first-order chi connectivity index (χ1) is 16.0. The summed E-state index contributed by atoms with van der Waals surface area (Å²) in [5.41, 5.74) is -3.37. The molecular weight excluding hydrogens is 469 g/mol. The summed E-state index contributed by atoms with van der Waals surface area (Å²) in [6.45, 7) is -0.888. The number of hydrogen-bond acceptors (Lipinski definition) is 6. The molecule has 0 saturated carbocycles. The number of amides is 1. The molecule has 1 amide bonds. The summed E-state index contributed by atoms with van der Waals surface area (Å²) in [5, 5.41) is 6.30. The number of rotatable bonds is 5. The van der Waals surface area contributed by atoms with Gasteiger partial charge in [0.05, 0.1) is 36.7 Å². The summed E-state index contributed by atoms with van der Waals surface area (Å²) in [5.74, 6) is -4.26. The standard InChI is InChI=1S/C20H18F5N5O4/c1-33-16-13(4-3-10(21)15(16)22)29-9-19(34-2,20(23,24)25)7-14(29)17(31)28-11-8-27-30-12(11)5-6-26-18(30)32/h3-6,8,14H,7,9H2,1-2H3,(H,26,32)(H,28,31)/t14-,19-/m1/s1. The maximum atomic E-state index is 14.3. The van der Waals surface area contributed by atoms with E-state index in [1.165, 1.54) is 12.3 Å². The number of carbonyl (C=O) groups is 1. The molecule has 9 nitrogen and oxygen atoms in total. The Morgan fingerprint density at radius 1 is 1.26 bits per heavy atom. The van der Waals surface area contributed by atoms with E-state index in [0.29, 0.717) is 0 Å². The largest absolute Gasteiger partial charge is 0.491 e. The lowest BCUT2D eigenvalue weighted by Crippen LogP contribution is -2.49. The van der Waals surface area contributed by atoms with Crippen LogP contribution in [-0.4, -0.2) is 59.1 Å². The normalized spacial score (nSPS) is 20.7. The first-order valence-corrected chi connectivity index (χ1v) is 9.80. The number of alkyl halides is 3. The third-order valence-corrected chi connectivity index (χ3v) is 5.78. The van der Waals surface area contributed by atoms with Crippen LogP contribution < -0.4 is 20.6 Å². The van der Waals surface area contributed by atoms with Crippen molar-refractivity contribution in [2.24, 2.45) is 0 Å². The second kappa shape index (κ2) is 8.27. The highest BCUT2D eigenvalue weighted by molar-refractivity contribution is 6.00. The molecule has 1 saturated heterocycles. The Labute approximate surface area is 188 Å². The Morgan fingerprint density at radius 2 is 2.00 bits per heavy atom. The third-order valence-electron chi connectivity index (χ3n) is 5.78. The fraction of sp³-hybridized carbons (Fsp3) is 0.350. The van der Waals surface area contributed by atoms with Crippen LogP contribution in [-0.2, 0) is 9.53 Å². The van der Waals surface area contributed by atoms with E-state index in [9.17, 15) is 31.5 Å². The minimum atomic E-state index is -4.89. The minimum absolute atomic E-state index is 0.0650. The maximum absolute atomic E-state index is 14.3. The zero-order valence-corrected chi connectivity index (χ0v) is 17.7. The molecule has 1 aliphatic rings. The number of benzene rings is 1. The molecule has 3 heterocycles. The number of nitrogens with zero attached hydrogens (tertiary/aromatic N) is 3. The van der Waals surface area contributed by atoms with E-state index < -0.39 is 59.8 Å². The zero-order valence-electron chi connectivity index (χ0n) is 17.7. The quantitative estimate of drug-likeness (QED) is 0.537. The molecule has 34 heavy (non-hydrogen) atoms. The van der Waals surface area contributed by atoms with Gasteiger partial charge in [-0.15, -0.1) is 0 Å². The van der Waals surface area contributed by atoms with Gasteiger partial charge in [0, 0.05) is 19.7 Å². The Morgan fingerprint density at radius 3 is 2.65 bits per heavy atom. The minimum Gasteiger partial charge on any atom is -0.491 e. The molecule has 2 N–H and O–H groups in total. The smallest absolute Gasteiger partial charge is 0.419 e. The summed E-state index contributed by atoms with van der Waals surface area (Å²) in [4.78, 5) is 28.4. The molecule has 0 radical (unpaired) electrons. The van der Waals surface area contributed by atoms with Gasteiger partial charge in [-0.1, -0.05) is 0 Å². The topological polar surface area (TPSA) is 101 Å². The average molecular weight is 487 g/mol. The highest BCUT2D eigenvalue weighted by Crippen LogP contribution is 2.47. The average Bonchev–Trinajstić information content (AvgIpc) is 3.39. The molecule has 1 aromatic carbocycles. The first kappa shape index (κ1) is 23.5. The van der Waals surface area contributed by atoms with Crippen molar-refractivity contribution in [2.75, 3.05) is 31.0 Å². The van der Waals surface area contributed by atoms with Crippen molar-refractivity contribution in [3.8, 4) is 5.75 Å². The number of nitrogens with one attached hydrogen (secondary N) is 2. The van der Waals surface area contributed by atoms with Crippen molar-refractivity contribution in [1.29, 1.82) is 0 Å². The lowest BCUT2D eigenvalue weighted by molar-refractivity contribution is -0.261. The van der Waals surface area contributed by atoms with E-state index in [1.54, 1.807) is 0 Å². The van der Waals surface area contributed by atoms with E-state index in [0.717, 1.165) is 42.0 Å².